The largest absolute Gasteiger partial charge is 0.380 e. The van der Waals surface area contributed by atoms with Crippen LogP contribution in [0.25, 0.3) is 10.8 Å². The molecule has 1 N–H and O–H groups in total. The third kappa shape index (κ3) is 2.75. The van der Waals surface area contributed by atoms with Gasteiger partial charge in [0.2, 0.25) is 0 Å². The van der Waals surface area contributed by atoms with E-state index in [4.69, 9.17) is 11.6 Å². The first-order valence-corrected chi connectivity index (χ1v) is 6.77. The summed E-state index contributed by atoms with van der Waals surface area (Å²) in [6.07, 6.45) is 0. The maximum Gasteiger partial charge on any atom is 0.125 e. The zero-order valence-electron chi connectivity index (χ0n) is 10.7. The first-order chi connectivity index (χ1) is 9.72. The minimum absolute atomic E-state index is 0.313. The molecule has 0 saturated heterocycles. The summed E-state index contributed by atoms with van der Waals surface area (Å²) < 4.78 is 13.3. The Hall–Kier alpha value is -2.06. The molecule has 0 fully saturated rings. The minimum atomic E-state index is -0.313. The molecule has 3 aromatic rings. The van der Waals surface area contributed by atoms with Crippen LogP contribution in [0.15, 0.2) is 60.7 Å². The monoisotopic (exact) mass is 285 g/mol. The minimum Gasteiger partial charge on any atom is -0.380 e. The molecular formula is C17H13ClFN. The van der Waals surface area contributed by atoms with Gasteiger partial charge in [-0.3, -0.25) is 0 Å². The first kappa shape index (κ1) is 12.9. The molecule has 0 aromatic heterocycles. The number of nitrogens with one attached hydrogen (secondary N) is 1. The van der Waals surface area contributed by atoms with Crippen molar-refractivity contribution in [3.8, 4) is 0 Å². The lowest BCUT2D eigenvalue weighted by molar-refractivity contribution is 0.626. The fraction of sp³-hybridized carbons (Fsp3) is 0.0588. The van der Waals surface area contributed by atoms with Crippen LogP contribution < -0.4 is 5.32 Å². The Morgan fingerprint density at radius 2 is 1.75 bits per heavy atom. The van der Waals surface area contributed by atoms with Crippen molar-refractivity contribution in [2.24, 2.45) is 0 Å². The summed E-state index contributed by atoms with van der Waals surface area (Å²) in [7, 11) is 0. The summed E-state index contributed by atoms with van der Waals surface area (Å²) in [5.74, 6) is -0.313. The van der Waals surface area contributed by atoms with E-state index >= 15 is 0 Å². The van der Waals surface area contributed by atoms with Crippen LogP contribution in [0, 0.1) is 5.82 Å². The Morgan fingerprint density at radius 1 is 0.950 bits per heavy atom. The van der Waals surface area contributed by atoms with E-state index in [2.05, 4.69) is 23.5 Å². The summed E-state index contributed by atoms with van der Waals surface area (Å²) in [5.41, 5.74) is 1.85. The fourth-order valence-electron chi connectivity index (χ4n) is 2.29. The van der Waals surface area contributed by atoms with Gasteiger partial charge in [-0.2, -0.15) is 0 Å². The quantitative estimate of drug-likeness (QED) is 0.693. The van der Waals surface area contributed by atoms with E-state index in [1.54, 1.807) is 6.07 Å². The van der Waals surface area contributed by atoms with E-state index in [-0.39, 0.29) is 5.82 Å². The lowest BCUT2D eigenvalue weighted by atomic mass is 10.1. The molecule has 0 atom stereocenters. The van der Waals surface area contributed by atoms with Gasteiger partial charge in [-0.1, -0.05) is 48.0 Å². The van der Waals surface area contributed by atoms with Crippen LogP contribution in [0.3, 0.4) is 0 Å². The zero-order valence-corrected chi connectivity index (χ0v) is 11.5. The Balaban J connectivity index is 1.87. The lowest BCUT2D eigenvalue weighted by Gasteiger charge is -2.10. The smallest absolute Gasteiger partial charge is 0.125 e. The second-order valence-electron chi connectivity index (χ2n) is 4.66. The van der Waals surface area contributed by atoms with Crippen molar-refractivity contribution in [3.63, 3.8) is 0 Å². The van der Waals surface area contributed by atoms with Crippen molar-refractivity contribution >= 4 is 28.1 Å². The number of benzene rings is 3. The van der Waals surface area contributed by atoms with E-state index in [9.17, 15) is 4.39 Å². The van der Waals surface area contributed by atoms with Gasteiger partial charge in [-0.05, 0) is 35.2 Å². The van der Waals surface area contributed by atoms with Crippen LogP contribution in [0.4, 0.5) is 10.1 Å². The summed E-state index contributed by atoms with van der Waals surface area (Å²) in [4.78, 5) is 0. The Labute approximate surface area is 122 Å². The van der Waals surface area contributed by atoms with E-state index in [0.717, 1.165) is 16.6 Å². The third-order valence-electron chi connectivity index (χ3n) is 3.19. The summed E-state index contributed by atoms with van der Waals surface area (Å²) in [6, 6.07) is 18.8. The van der Waals surface area contributed by atoms with Crippen LogP contribution in [0.2, 0.25) is 5.02 Å². The zero-order chi connectivity index (χ0) is 13.9. The van der Waals surface area contributed by atoms with Crippen LogP contribution in [0.5, 0.6) is 0 Å². The molecule has 3 heteroatoms. The van der Waals surface area contributed by atoms with Gasteiger partial charge in [-0.25, -0.2) is 4.39 Å². The number of anilines is 1. The van der Waals surface area contributed by atoms with Crippen LogP contribution in [-0.4, -0.2) is 0 Å². The van der Waals surface area contributed by atoms with E-state index in [1.165, 1.54) is 17.5 Å². The molecule has 100 valence electrons. The van der Waals surface area contributed by atoms with E-state index < -0.39 is 0 Å². The number of hydrogen-bond acceptors (Lipinski definition) is 1. The van der Waals surface area contributed by atoms with Gasteiger partial charge in [0.25, 0.3) is 0 Å². The molecule has 1 nitrogen and oxygen atoms in total. The molecule has 20 heavy (non-hydrogen) atoms. The van der Waals surface area contributed by atoms with Gasteiger partial charge >= 0.3 is 0 Å². The number of halogens is 2. The summed E-state index contributed by atoms with van der Waals surface area (Å²) >= 11 is 5.86. The van der Waals surface area contributed by atoms with Crippen LogP contribution in [0.1, 0.15) is 5.56 Å². The van der Waals surface area contributed by atoms with Gasteiger partial charge in [0.1, 0.15) is 5.82 Å². The predicted molar refractivity (Wildman–Crippen MR) is 82.7 cm³/mol. The molecular weight excluding hydrogens is 273 g/mol. The summed E-state index contributed by atoms with van der Waals surface area (Å²) in [5, 5.41) is 6.08. The predicted octanol–water partition coefficient (Wildman–Crippen LogP) is 5.24. The molecule has 0 aliphatic rings. The van der Waals surface area contributed by atoms with E-state index in [1.807, 2.05) is 24.3 Å². The lowest BCUT2D eigenvalue weighted by Crippen LogP contribution is -2.00. The topological polar surface area (TPSA) is 12.0 Å². The highest BCUT2D eigenvalue weighted by molar-refractivity contribution is 6.30. The average Bonchev–Trinajstić information content (AvgIpc) is 2.44. The fourth-order valence-corrected chi connectivity index (χ4v) is 2.53. The molecule has 0 radical (unpaired) electrons. The van der Waals surface area contributed by atoms with Crippen molar-refractivity contribution in [1.82, 2.24) is 0 Å². The highest BCUT2D eigenvalue weighted by Crippen LogP contribution is 2.24. The highest BCUT2D eigenvalue weighted by Gasteiger charge is 2.02. The molecule has 0 amide bonds. The highest BCUT2D eigenvalue weighted by atomic mass is 35.5. The van der Waals surface area contributed by atoms with Gasteiger partial charge < -0.3 is 5.32 Å². The molecule has 0 spiro atoms. The van der Waals surface area contributed by atoms with Crippen molar-refractivity contribution < 1.29 is 4.39 Å². The van der Waals surface area contributed by atoms with Crippen LogP contribution >= 0.6 is 11.6 Å². The SMILES string of the molecule is Fc1cc(Cl)cc(CNc2cccc3ccccc23)c1. The Bertz CT molecular complexity index is 729. The van der Waals surface area contributed by atoms with Crippen molar-refractivity contribution in [3.05, 3.63) is 77.1 Å². The van der Waals surface area contributed by atoms with Crippen molar-refractivity contribution in [2.45, 2.75) is 6.54 Å². The molecule has 0 aliphatic heterocycles. The number of fused-ring (bicyclic) bond motifs is 1. The van der Waals surface area contributed by atoms with Gasteiger partial charge in [0, 0.05) is 22.6 Å². The molecule has 0 bridgehead atoms. The molecule has 0 aliphatic carbocycles. The number of rotatable bonds is 3. The normalized spacial score (nSPS) is 10.7. The Morgan fingerprint density at radius 3 is 2.60 bits per heavy atom. The maximum absolute atomic E-state index is 13.3. The van der Waals surface area contributed by atoms with Gasteiger partial charge in [0.05, 0.1) is 0 Å². The number of hydrogen-bond donors (Lipinski definition) is 1. The first-order valence-electron chi connectivity index (χ1n) is 6.39. The van der Waals surface area contributed by atoms with Crippen molar-refractivity contribution in [2.75, 3.05) is 5.32 Å². The third-order valence-corrected chi connectivity index (χ3v) is 3.41. The molecule has 0 unspecified atom stereocenters. The molecule has 0 saturated carbocycles. The Kier molecular flexibility index (Phi) is 3.57. The molecule has 3 rings (SSSR count). The maximum atomic E-state index is 13.3. The average molecular weight is 286 g/mol. The van der Waals surface area contributed by atoms with Gasteiger partial charge in [0.15, 0.2) is 0 Å². The van der Waals surface area contributed by atoms with Crippen LogP contribution in [-0.2, 0) is 6.54 Å². The van der Waals surface area contributed by atoms with Crippen molar-refractivity contribution in [1.29, 1.82) is 0 Å². The van der Waals surface area contributed by atoms with E-state index in [0.29, 0.717) is 11.6 Å². The van der Waals surface area contributed by atoms with Gasteiger partial charge in [-0.15, -0.1) is 0 Å². The standard InChI is InChI=1S/C17H13ClFN/c18-14-8-12(9-15(19)10-14)11-20-17-7-3-5-13-4-1-2-6-16(13)17/h1-10,20H,11H2. The summed E-state index contributed by atoms with van der Waals surface area (Å²) in [6.45, 7) is 0.533. The second-order valence-corrected chi connectivity index (χ2v) is 5.09. The second kappa shape index (κ2) is 5.51. The molecule has 0 heterocycles. The molecule has 3 aromatic carbocycles.